The van der Waals surface area contributed by atoms with Gasteiger partial charge in [0.25, 0.3) is 0 Å². The molecule has 2 N–H and O–H groups in total. The average Bonchev–Trinajstić information content (AvgIpc) is 2.95. The molecule has 0 heterocycles. The fourth-order valence-corrected chi connectivity index (χ4v) is 8.05. The van der Waals surface area contributed by atoms with Gasteiger partial charge in [0.1, 0.15) is 5.75 Å². The summed E-state index contributed by atoms with van der Waals surface area (Å²) in [6, 6.07) is 5.95. The minimum atomic E-state index is -5.44. The van der Waals surface area contributed by atoms with E-state index < -0.39 is 18.5 Å². The lowest BCUT2D eigenvalue weighted by atomic mass is 9.61. The van der Waals surface area contributed by atoms with Crippen LogP contribution < -0.4 is 0 Å². The third-order valence-corrected chi connectivity index (χ3v) is 10.4. The number of fused-ring (bicyclic) bond motifs is 3. The molecular weight excluding hydrogens is 543 g/mol. The van der Waals surface area contributed by atoms with Crippen molar-refractivity contribution in [2.45, 2.75) is 134 Å². The van der Waals surface area contributed by atoms with Crippen LogP contribution in [0.5, 0.6) is 5.75 Å². The first kappa shape index (κ1) is 33.5. The summed E-state index contributed by atoms with van der Waals surface area (Å²) in [4.78, 5) is 0. The third-order valence-electron chi connectivity index (χ3n) is 9.24. The van der Waals surface area contributed by atoms with E-state index in [4.69, 9.17) is 0 Å². The van der Waals surface area contributed by atoms with Crippen molar-refractivity contribution in [2.24, 2.45) is 17.8 Å². The van der Waals surface area contributed by atoms with Crippen molar-refractivity contribution in [2.75, 3.05) is 11.5 Å². The molecule has 2 nitrogen and oxygen atoms in total. The summed E-state index contributed by atoms with van der Waals surface area (Å²) in [6.07, 6.45) is 8.33. The largest absolute Gasteiger partial charge is 0.508 e. The summed E-state index contributed by atoms with van der Waals surface area (Å²) in [5.41, 5.74) is 2.73. The Bertz CT molecular complexity index is 877. The van der Waals surface area contributed by atoms with Crippen molar-refractivity contribution in [1.29, 1.82) is 0 Å². The van der Waals surface area contributed by atoms with Gasteiger partial charge in [-0.3, -0.25) is 0 Å². The molecule has 0 radical (unpaired) electrons. The zero-order valence-corrected chi connectivity index (χ0v) is 24.9. The number of thioether (sulfide) groups is 1. The van der Waals surface area contributed by atoms with Crippen molar-refractivity contribution in [3.8, 4) is 5.75 Å². The SMILES string of the molecule is CC1CC[C@H](O)CCCC2c3ccc(O)cc3C[C@@H](CCCCCCCCCSCCCC(F)(F)C(F)(F)F)C12. The number of unbranched alkanes of at least 4 members (excludes halogenated alkanes) is 6. The lowest BCUT2D eigenvalue weighted by Gasteiger charge is -2.43. The zero-order chi connectivity index (χ0) is 29.2. The van der Waals surface area contributed by atoms with Gasteiger partial charge in [0.05, 0.1) is 6.10 Å². The van der Waals surface area contributed by atoms with Crippen molar-refractivity contribution < 1.29 is 32.2 Å². The molecule has 0 aromatic heterocycles. The van der Waals surface area contributed by atoms with E-state index in [0.29, 0.717) is 35.2 Å². The number of halogens is 5. The Balaban J connectivity index is 1.34. The van der Waals surface area contributed by atoms with E-state index in [2.05, 4.69) is 13.0 Å². The first-order valence-electron chi connectivity index (χ1n) is 15.5. The standard InChI is InChI=1S/C32H49F5O2S/c1-23-14-15-26(38)12-9-13-29-28-17-16-27(39)22-25(28)21-24(30(23)29)11-7-5-3-2-4-6-8-19-40-20-10-18-31(33,34)32(35,36)37/h16-17,22-24,26,29-30,38-39H,2-15,18-21H2,1H3/t23?,24-,26-,29?,30?/m1/s1. The van der Waals surface area contributed by atoms with E-state index in [1.165, 1.54) is 55.0 Å². The number of benzene rings is 1. The molecule has 0 aliphatic heterocycles. The number of hydrogen-bond donors (Lipinski definition) is 2. The summed E-state index contributed by atoms with van der Waals surface area (Å²) < 4.78 is 62.4. The van der Waals surface area contributed by atoms with Crippen molar-refractivity contribution in [3.63, 3.8) is 0 Å². The van der Waals surface area contributed by atoms with Crippen LogP contribution in [0.15, 0.2) is 18.2 Å². The second kappa shape index (κ2) is 16.0. The van der Waals surface area contributed by atoms with Gasteiger partial charge in [-0.2, -0.15) is 33.7 Å². The number of aliphatic hydroxyl groups excluding tert-OH is 1. The summed E-state index contributed by atoms with van der Waals surface area (Å²) in [5.74, 6) is -0.749. The van der Waals surface area contributed by atoms with Crippen LogP contribution in [0.4, 0.5) is 22.0 Å². The molecule has 8 heteroatoms. The van der Waals surface area contributed by atoms with Crippen LogP contribution >= 0.6 is 11.8 Å². The minimum Gasteiger partial charge on any atom is -0.508 e. The van der Waals surface area contributed by atoms with E-state index in [1.807, 2.05) is 12.1 Å². The minimum absolute atomic E-state index is 0.118. The van der Waals surface area contributed by atoms with Crippen LogP contribution in [0, 0.1) is 17.8 Å². The van der Waals surface area contributed by atoms with Gasteiger partial charge in [-0.15, -0.1) is 0 Å². The smallest absolute Gasteiger partial charge is 0.453 e. The molecule has 0 bridgehead atoms. The van der Waals surface area contributed by atoms with E-state index in [-0.39, 0.29) is 12.5 Å². The highest BCUT2D eigenvalue weighted by Gasteiger charge is 2.56. The molecule has 3 rings (SSSR count). The molecule has 1 aromatic carbocycles. The number of aromatic hydroxyl groups is 1. The predicted molar refractivity (Wildman–Crippen MR) is 154 cm³/mol. The Hall–Kier alpha value is -1.02. The third kappa shape index (κ3) is 10.1. The quantitative estimate of drug-likeness (QED) is 0.167. The molecule has 0 amide bonds. The molecule has 40 heavy (non-hydrogen) atoms. The van der Waals surface area contributed by atoms with E-state index >= 15 is 0 Å². The number of rotatable bonds is 14. The number of phenolic OH excluding ortho intramolecular Hbond substituents is 1. The highest BCUT2D eigenvalue weighted by atomic mass is 32.2. The fraction of sp³-hybridized carbons (Fsp3) is 0.812. The van der Waals surface area contributed by atoms with Crippen LogP contribution in [0.1, 0.15) is 120 Å². The van der Waals surface area contributed by atoms with Gasteiger partial charge in [0, 0.05) is 6.42 Å². The van der Waals surface area contributed by atoms with Crippen molar-refractivity contribution in [3.05, 3.63) is 29.3 Å². The highest BCUT2D eigenvalue weighted by molar-refractivity contribution is 7.99. The molecule has 0 spiro atoms. The first-order valence-corrected chi connectivity index (χ1v) is 16.7. The van der Waals surface area contributed by atoms with Crippen molar-refractivity contribution >= 4 is 11.8 Å². The molecule has 1 saturated carbocycles. The Labute approximate surface area is 241 Å². The van der Waals surface area contributed by atoms with Gasteiger partial charge in [0.15, 0.2) is 0 Å². The topological polar surface area (TPSA) is 40.5 Å². The molecule has 3 unspecified atom stereocenters. The lowest BCUT2D eigenvalue weighted by Crippen LogP contribution is -2.36. The number of alkyl halides is 5. The molecule has 0 saturated heterocycles. The fourth-order valence-electron chi connectivity index (χ4n) is 7.09. The maximum Gasteiger partial charge on any atom is 0.453 e. The summed E-state index contributed by atoms with van der Waals surface area (Å²) in [6.45, 7) is 2.38. The Morgan fingerprint density at radius 1 is 0.850 bits per heavy atom. The average molecular weight is 593 g/mol. The van der Waals surface area contributed by atoms with E-state index in [9.17, 15) is 32.2 Å². The van der Waals surface area contributed by atoms with Crippen LogP contribution in [-0.4, -0.2) is 39.9 Å². The second-order valence-electron chi connectivity index (χ2n) is 12.4. The normalized spacial score (nSPS) is 25.9. The molecular formula is C32H49F5O2S. The van der Waals surface area contributed by atoms with E-state index in [0.717, 1.165) is 63.5 Å². The molecule has 1 fully saturated rings. The van der Waals surface area contributed by atoms with Crippen molar-refractivity contribution in [1.82, 2.24) is 0 Å². The zero-order valence-electron chi connectivity index (χ0n) is 24.0. The van der Waals surface area contributed by atoms with Crippen LogP contribution in [-0.2, 0) is 6.42 Å². The maximum atomic E-state index is 12.9. The van der Waals surface area contributed by atoms with E-state index in [1.54, 1.807) is 0 Å². The number of aliphatic hydroxyl groups is 1. The van der Waals surface area contributed by atoms with Gasteiger partial charge in [0.2, 0.25) is 0 Å². The molecule has 230 valence electrons. The Morgan fingerprint density at radius 3 is 2.25 bits per heavy atom. The maximum absolute atomic E-state index is 12.9. The first-order chi connectivity index (χ1) is 19.0. The summed E-state index contributed by atoms with van der Waals surface area (Å²) >= 11 is 1.47. The monoisotopic (exact) mass is 592 g/mol. The molecule has 5 atom stereocenters. The summed E-state index contributed by atoms with van der Waals surface area (Å²) in [5, 5.41) is 20.5. The molecule has 1 aromatic rings. The van der Waals surface area contributed by atoms with Gasteiger partial charge >= 0.3 is 12.1 Å². The van der Waals surface area contributed by atoms with Gasteiger partial charge in [-0.1, -0.05) is 57.9 Å². The predicted octanol–water partition coefficient (Wildman–Crippen LogP) is 10.1. The number of hydrogen-bond acceptors (Lipinski definition) is 3. The van der Waals surface area contributed by atoms with Gasteiger partial charge in [-0.25, -0.2) is 0 Å². The van der Waals surface area contributed by atoms with Gasteiger partial charge < -0.3 is 10.2 Å². The highest BCUT2D eigenvalue weighted by Crippen LogP contribution is 2.50. The van der Waals surface area contributed by atoms with Crippen LogP contribution in [0.2, 0.25) is 0 Å². The van der Waals surface area contributed by atoms with Crippen LogP contribution in [0.25, 0.3) is 0 Å². The Morgan fingerprint density at radius 2 is 1.52 bits per heavy atom. The van der Waals surface area contributed by atoms with Crippen LogP contribution in [0.3, 0.4) is 0 Å². The summed E-state index contributed by atoms with van der Waals surface area (Å²) in [7, 11) is 0. The van der Waals surface area contributed by atoms with Gasteiger partial charge in [-0.05, 0) is 110 Å². The molecule has 2 aliphatic rings. The molecule has 2 aliphatic carbocycles. The Kier molecular flexibility index (Phi) is 13.4. The lowest BCUT2D eigenvalue weighted by molar-refractivity contribution is -0.284. The second-order valence-corrected chi connectivity index (χ2v) is 13.6. The number of phenols is 1.